The number of nitrogen functional groups attached to an aromatic ring is 1. The molecule has 72 valence electrons. The van der Waals surface area contributed by atoms with E-state index in [9.17, 15) is 0 Å². The highest BCUT2D eigenvalue weighted by atomic mass is 16.3. The van der Waals surface area contributed by atoms with Crippen LogP contribution in [0.2, 0.25) is 0 Å². The van der Waals surface area contributed by atoms with E-state index >= 15 is 0 Å². The lowest BCUT2D eigenvalue weighted by atomic mass is 10.0. The standard InChI is InChI=1S/C12H13NO/c1-8-3-9(2)5-10(4-8)11-6-12(13)14-7-11/h3-7H,13H2,1-2H3. The zero-order valence-electron chi connectivity index (χ0n) is 8.37. The highest BCUT2D eigenvalue weighted by Gasteiger charge is 2.02. The molecular weight excluding hydrogens is 174 g/mol. The Morgan fingerprint density at radius 2 is 1.57 bits per heavy atom. The second kappa shape index (κ2) is 3.22. The summed E-state index contributed by atoms with van der Waals surface area (Å²) >= 11 is 0. The molecule has 14 heavy (non-hydrogen) atoms. The fourth-order valence-corrected chi connectivity index (χ4v) is 1.65. The lowest BCUT2D eigenvalue weighted by molar-refractivity contribution is 0.588. The van der Waals surface area contributed by atoms with Gasteiger partial charge in [0.05, 0.1) is 0 Å². The average molecular weight is 187 g/mol. The maximum absolute atomic E-state index is 5.53. The van der Waals surface area contributed by atoms with Gasteiger partial charge in [0.1, 0.15) is 6.26 Å². The fraction of sp³-hybridized carbons (Fsp3) is 0.167. The molecule has 0 fully saturated rings. The Morgan fingerprint density at radius 3 is 2.07 bits per heavy atom. The van der Waals surface area contributed by atoms with Crippen molar-refractivity contribution in [2.24, 2.45) is 0 Å². The number of hydrogen-bond donors (Lipinski definition) is 1. The van der Waals surface area contributed by atoms with Crippen molar-refractivity contribution in [1.82, 2.24) is 0 Å². The lowest BCUT2D eigenvalue weighted by Gasteiger charge is -2.01. The van der Waals surface area contributed by atoms with Crippen molar-refractivity contribution in [3.63, 3.8) is 0 Å². The molecule has 0 atom stereocenters. The first kappa shape index (κ1) is 8.88. The first-order chi connectivity index (χ1) is 6.65. The van der Waals surface area contributed by atoms with Gasteiger partial charge in [-0.15, -0.1) is 0 Å². The minimum atomic E-state index is 0.458. The predicted octanol–water partition coefficient (Wildman–Crippen LogP) is 3.15. The molecule has 2 nitrogen and oxygen atoms in total. The molecule has 0 bridgehead atoms. The van der Waals surface area contributed by atoms with Crippen LogP contribution in [0.5, 0.6) is 0 Å². The third-order valence-electron chi connectivity index (χ3n) is 2.17. The summed E-state index contributed by atoms with van der Waals surface area (Å²) in [5.41, 5.74) is 10.2. The summed E-state index contributed by atoms with van der Waals surface area (Å²) in [6, 6.07) is 8.23. The van der Waals surface area contributed by atoms with Gasteiger partial charge < -0.3 is 10.2 Å². The molecule has 0 aliphatic rings. The number of nitrogens with two attached hydrogens (primary N) is 1. The van der Waals surface area contributed by atoms with Gasteiger partial charge in [-0.2, -0.15) is 0 Å². The van der Waals surface area contributed by atoms with E-state index in [4.69, 9.17) is 10.2 Å². The van der Waals surface area contributed by atoms with Gasteiger partial charge in [-0.25, -0.2) is 0 Å². The molecule has 0 radical (unpaired) electrons. The SMILES string of the molecule is Cc1cc(C)cc(-c2coc(N)c2)c1. The van der Waals surface area contributed by atoms with Gasteiger partial charge in [0.25, 0.3) is 0 Å². The Hall–Kier alpha value is -1.70. The van der Waals surface area contributed by atoms with Crippen molar-refractivity contribution in [1.29, 1.82) is 0 Å². The minimum absolute atomic E-state index is 0.458. The lowest BCUT2D eigenvalue weighted by Crippen LogP contribution is -1.81. The molecule has 0 amide bonds. The smallest absolute Gasteiger partial charge is 0.190 e. The van der Waals surface area contributed by atoms with Crippen LogP contribution in [0.15, 0.2) is 34.9 Å². The van der Waals surface area contributed by atoms with E-state index in [1.165, 1.54) is 11.1 Å². The second-order valence-corrected chi connectivity index (χ2v) is 3.61. The Balaban J connectivity index is 2.51. The van der Waals surface area contributed by atoms with Gasteiger partial charge in [-0.1, -0.05) is 29.3 Å². The maximum atomic E-state index is 5.53. The van der Waals surface area contributed by atoms with E-state index < -0.39 is 0 Å². The van der Waals surface area contributed by atoms with Gasteiger partial charge in [-0.05, 0) is 19.4 Å². The minimum Gasteiger partial charge on any atom is -0.449 e. The molecule has 2 N–H and O–H groups in total. The number of anilines is 1. The number of hydrogen-bond acceptors (Lipinski definition) is 2. The fourth-order valence-electron chi connectivity index (χ4n) is 1.65. The number of furan rings is 1. The van der Waals surface area contributed by atoms with E-state index in [1.807, 2.05) is 6.07 Å². The van der Waals surface area contributed by atoms with Crippen molar-refractivity contribution >= 4 is 5.88 Å². The van der Waals surface area contributed by atoms with E-state index in [-0.39, 0.29) is 0 Å². The molecule has 0 saturated carbocycles. The van der Waals surface area contributed by atoms with Crippen LogP contribution in [-0.4, -0.2) is 0 Å². The van der Waals surface area contributed by atoms with Crippen molar-refractivity contribution < 1.29 is 4.42 Å². The monoisotopic (exact) mass is 187 g/mol. The van der Waals surface area contributed by atoms with Crippen molar-refractivity contribution in [2.75, 3.05) is 5.73 Å². The van der Waals surface area contributed by atoms with Gasteiger partial charge in [-0.3, -0.25) is 0 Å². The third kappa shape index (κ3) is 1.64. The molecule has 0 saturated heterocycles. The molecule has 0 aliphatic carbocycles. The molecule has 2 rings (SSSR count). The van der Waals surface area contributed by atoms with Crippen LogP contribution < -0.4 is 5.73 Å². The van der Waals surface area contributed by atoms with E-state index in [0.29, 0.717) is 5.88 Å². The van der Waals surface area contributed by atoms with Crippen LogP contribution in [0.3, 0.4) is 0 Å². The summed E-state index contributed by atoms with van der Waals surface area (Å²) in [6.45, 7) is 4.17. The summed E-state index contributed by atoms with van der Waals surface area (Å²) in [6.07, 6.45) is 1.68. The van der Waals surface area contributed by atoms with Gasteiger partial charge in [0.15, 0.2) is 5.88 Å². The number of aryl methyl sites for hydroxylation is 2. The molecule has 2 aromatic rings. The van der Waals surface area contributed by atoms with Gasteiger partial charge in [0.2, 0.25) is 0 Å². The Bertz CT molecular complexity index is 437. The number of rotatable bonds is 1. The molecule has 0 spiro atoms. The highest BCUT2D eigenvalue weighted by Crippen LogP contribution is 2.25. The summed E-state index contributed by atoms with van der Waals surface area (Å²) in [7, 11) is 0. The summed E-state index contributed by atoms with van der Waals surface area (Å²) in [4.78, 5) is 0. The predicted molar refractivity (Wildman–Crippen MR) is 58.0 cm³/mol. The van der Waals surface area contributed by atoms with Gasteiger partial charge in [0, 0.05) is 11.6 Å². The van der Waals surface area contributed by atoms with Crippen molar-refractivity contribution in [2.45, 2.75) is 13.8 Å². The molecule has 0 aliphatic heterocycles. The number of benzene rings is 1. The summed E-state index contributed by atoms with van der Waals surface area (Å²) in [5, 5.41) is 0. The van der Waals surface area contributed by atoms with E-state index in [0.717, 1.165) is 11.1 Å². The average Bonchev–Trinajstić information content (AvgIpc) is 2.50. The first-order valence-electron chi connectivity index (χ1n) is 4.58. The van der Waals surface area contributed by atoms with E-state index in [2.05, 4.69) is 32.0 Å². The maximum Gasteiger partial charge on any atom is 0.190 e. The molecule has 1 aromatic heterocycles. The van der Waals surface area contributed by atoms with Crippen molar-refractivity contribution in [3.8, 4) is 11.1 Å². The van der Waals surface area contributed by atoms with E-state index in [1.54, 1.807) is 6.26 Å². The second-order valence-electron chi connectivity index (χ2n) is 3.61. The van der Waals surface area contributed by atoms with Crippen molar-refractivity contribution in [3.05, 3.63) is 41.7 Å². The molecule has 0 unspecified atom stereocenters. The summed E-state index contributed by atoms with van der Waals surface area (Å²) in [5.74, 6) is 0.458. The van der Waals surface area contributed by atoms with Crippen LogP contribution in [0, 0.1) is 13.8 Å². The Kier molecular flexibility index (Phi) is 2.04. The summed E-state index contributed by atoms with van der Waals surface area (Å²) < 4.78 is 5.08. The molecule has 2 heteroatoms. The third-order valence-corrected chi connectivity index (χ3v) is 2.17. The largest absolute Gasteiger partial charge is 0.449 e. The van der Waals surface area contributed by atoms with Crippen LogP contribution in [0.1, 0.15) is 11.1 Å². The van der Waals surface area contributed by atoms with Crippen LogP contribution in [-0.2, 0) is 0 Å². The topological polar surface area (TPSA) is 39.2 Å². The Morgan fingerprint density at radius 1 is 0.929 bits per heavy atom. The molecular formula is C12H13NO. The highest BCUT2D eigenvalue weighted by molar-refractivity contribution is 5.66. The molecule has 1 aromatic carbocycles. The normalized spacial score (nSPS) is 10.4. The quantitative estimate of drug-likeness (QED) is 0.744. The zero-order valence-corrected chi connectivity index (χ0v) is 8.37. The molecule has 1 heterocycles. The van der Waals surface area contributed by atoms with Crippen LogP contribution >= 0.6 is 0 Å². The van der Waals surface area contributed by atoms with Crippen LogP contribution in [0.4, 0.5) is 5.88 Å². The Labute approximate surface area is 83.4 Å². The zero-order chi connectivity index (χ0) is 10.1. The first-order valence-corrected chi connectivity index (χ1v) is 4.58. The van der Waals surface area contributed by atoms with Gasteiger partial charge >= 0.3 is 0 Å². The van der Waals surface area contributed by atoms with Crippen LogP contribution in [0.25, 0.3) is 11.1 Å².